The van der Waals surface area contributed by atoms with Crippen LogP contribution in [0.3, 0.4) is 0 Å². The third kappa shape index (κ3) is 8.45. The average molecular weight is 578 g/mol. The number of nitrogens with one attached hydrogen (secondary N) is 1. The lowest BCUT2D eigenvalue weighted by Gasteiger charge is -2.33. The van der Waals surface area contributed by atoms with E-state index in [0.717, 1.165) is 32.4 Å². The number of amides is 2. The molecule has 0 bridgehead atoms. The normalized spacial score (nSPS) is 17.6. The van der Waals surface area contributed by atoms with Gasteiger partial charge in [-0.3, -0.25) is 14.5 Å². The molecule has 0 aliphatic carbocycles. The van der Waals surface area contributed by atoms with E-state index in [1.54, 1.807) is 29.2 Å². The van der Waals surface area contributed by atoms with E-state index < -0.39 is 0 Å². The summed E-state index contributed by atoms with van der Waals surface area (Å²) in [4.78, 5) is 30.3. The van der Waals surface area contributed by atoms with Crippen LogP contribution >= 0.6 is 11.6 Å². The Hall–Kier alpha value is -3.59. The molecule has 0 saturated carbocycles. The zero-order valence-corrected chi connectivity index (χ0v) is 23.9. The number of carbonyl (C=O) groups excluding carboxylic acids is 2. The molecule has 5 rings (SSSR count). The Balaban J connectivity index is 1.23. The smallest absolute Gasteiger partial charge is 0.244 e. The number of likely N-dealkylation sites (tertiary alicyclic amines) is 1. The molecule has 0 atom stereocenters. The van der Waals surface area contributed by atoms with Crippen molar-refractivity contribution in [1.29, 1.82) is 0 Å². The first kappa shape index (κ1) is 28.9. The van der Waals surface area contributed by atoms with E-state index in [4.69, 9.17) is 25.8 Å². The molecule has 3 aromatic rings. The summed E-state index contributed by atoms with van der Waals surface area (Å²) in [5, 5.41) is 3.33. The van der Waals surface area contributed by atoms with Crippen LogP contribution in [-0.4, -0.2) is 74.2 Å². The summed E-state index contributed by atoms with van der Waals surface area (Å²) in [7, 11) is 0. The number of halogens is 1. The van der Waals surface area contributed by atoms with Gasteiger partial charge in [-0.2, -0.15) is 0 Å². The lowest BCUT2D eigenvalue weighted by Crippen LogP contribution is -2.47. The van der Waals surface area contributed by atoms with Gasteiger partial charge in [-0.25, -0.2) is 0 Å². The van der Waals surface area contributed by atoms with Gasteiger partial charge in [0, 0.05) is 11.6 Å². The number of benzene rings is 3. The highest BCUT2D eigenvalue weighted by atomic mass is 35.5. The molecule has 0 aromatic heterocycles. The average Bonchev–Trinajstić information content (AvgIpc) is 2.98. The molecule has 2 aliphatic heterocycles. The summed E-state index contributed by atoms with van der Waals surface area (Å²) in [5.41, 5.74) is 1.77. The van der Waals surface area contributed by atoms with Gasteiger partial charge >= 0.3 is 0 Å². The fourth-order valence-electron chi connectivity index (χ4n) is 5.19. The van der Waals surface area contributed by atoms with E-state index in [1.807, 2.05) is 24.3 Å². The number of nitrogens with zero attached hydrogens (tertiary/aromatic N) is 2. The maximum atomic E-state index is 13.4. The number of para-hydroxylation sites is 2. The number of hydrogen-bond acceptors (Lipinski definition) is 6. The minimum Gasteiger partial charge on any atom is -0.487 e. The van der Waals surface area contributed by atoms with Gasteiger partial charge < -0.3 is 24.4 Å². The molecule has 216 valence electrons. The second-order valence-corrected chi connectivity index (χ2v) is 10.9. The van der Waals surface area contributed by atoms with Crippen LogP contribution in [0.4, 0.5) is 5.69 Å². The van der Waals surface area contributed by atoms with Gasteiger partial charge in [0.1, 0.15) is 6.61 Å². The number of piperidine rings is 1. The van der Waals surface area contributed by atoms with Crippen LogP contribution in [0.2, 0.25) is 5.02 Å². The van der Waals surface area contributed by atoms with Gasteiger partial charge in [0.05, 0.1) is 32.0 Å². The maximum Gasteiger partial charge on any atom is 0.244 e. The van der Waals surface area contributed by atoms with Crippen molar-refractivity contribution >= 4 is 29.1 Å². The monoisotopic (exact) mass is 577 g/mol. The van der Waals surface area contributed by atoms with E-state index in [0.29, 0.717) is 60.2 Å². The first-order valence-electron chi connectivity index (χ1n) is 14.1. The summed E-state index contributed by atoms with van der Waals surface area (Å²) in [5.74, 6) is 1.66. The molecule has 1 N–H and O–H groups in total. The van der Waals surface area contributed by atoms with Crippen molar-refractivity contribution < 1.29 is 23.8 Å². The molecular formula is C32H36ClN3O5. The third-order valence-electron chi connectivity index (χ3n) is 7.40. The molecule has 8 nitrogen and oxygen atoms in total. The van der Waals surface area contributed by atoms with Gasteiger partial charge in [0.2, 0.25) is 11.8 Å². The van der Waals surface area contributed by atoms with Crippen molar-refractivity contribution in [3.8, 4) is 17.2 Å². The third-order valence-corrected chi connectivity index (χ3v) is 7.63. The lowest BCUT2D eigenvalue weighted by molar-refractivity contribution is -0.136. The number of rotatable bonds is 4. The largest absolute Gasteiger partial charge is 0.487 e. The Labute approximate surface area is 246 Å². The summed E-state index contributed by atoms with van der Waals surface area (Å²) in [6, 6.07) is 22.9. The first-order valence-corrected chi connectivity index (χ1v) is 14.5. The van der Waals surface area contributed by atoms with E-state index in [1.165, 1.54) is 5.56 Å². The Morgan fingerprint density at radius 3 is 2.44 bits per heavy atom. The Kier molecular flexibility index (Phi) is 10.1. The minimum atomic E-state index is -0.341. The minimum absolute atomic E-state index is 0.0965. The highest BCUT2D eigenvalue weighted by Crippen LogP contribution is 2.36. The van der Waals surface area contributed by atoms with Gasteiger partial charge in [-0.15, -0.1) is 0 Å². The SMILES string of the molecule is O=C1CN(C(=O)CN2CCC(Cc3ccccc3)CC2)CCOCCOc2ccccc2Oc2ccc(Cl)cc2N1. The predicted molar refractivity (Wildman–Crippen MR) is 159 cm³/mol. The fourth-order valence-corrected chi connectivity index (χ4v) is 5.36. The zero-order valence-electron chi connectivity index (χ0n) is 23.1. The summed E-state index contributed by atoms with van der Waals surface area (Å²) in [6.07, 6.45) is 3.16. The topological polar surface area (TPSA) is 80.3 Å². The van der Waals surface area contributed by atoms with Crippen molar-refractivity contribution in [2.45, 2.75) is 19.3 Å². The number of ether oxygens (including phenoxy) is 3. The van der Waals surface area contributed by atoms with Crippen LogP contribution in [-0.2, 0) is 20.7 Å². The standard InChI is InChI=1S/C32H36ClN3O5/c33-26-10-11-28-27(21-26)34-31(37)22-36(16-17-39-18-19-40-29-8-4-5-9-30(29)41-28)32(38)23-35-14-12-25(13-15-35)20-24-6-2-1-3-7-24/h1-11,21,25H,12-20,22-23H2,(H,34,37). The van der Waals surface area contributed by atoms with Gasteiger partial charge in [-0.1, -0.05) is 54.1 Å². The zero-order chi connectivity index (χ0) is 28.4. The van der Waals surface area contributed by atoms with E-state index in [-0.39, 0.29) is 24.9 Å². The molecule has 1 fully saturated rings. The molecule has 2 aliphatic rings. The Morgan fingerprint density at radius 1 is 0.878 bits per heavy atom. The molecule has 9 heteroatoms. The molecule has 0 radical (unpaired) electrons. The fraction of sp³-hybridized carbons (Fsp3) is 0.375. The van der Waals surface area contributed by atoms with Crippen molar-refractivity contribution in [2.24, 2.45) is 5.92 Å². The number of fused-ring (bicyclic) bond motifs is 2. The van der Waals surface area contributed by atoms with Crippen molar-refractivity contribution in [3.63, 3.8) is 0 Å². The molecule has 41 heavy (non-hydrogen) atoms. The number of hydrogen-bond donors (Lipinski definition) is 1. The second-order valence-electron chi connectivity index (χ2n) is 10.4. The molecule has 2 heterocycles. The lowest BCUT2D eigenvalue weighted by atomic mass is 9.90. The molecule has 3 aromatic carbocycles. The summed E-state index contributed by atoms with van der Waals surface area (Å²) >= 11 is 6.24. The number of carbonyl (C=O) groups is 2. The highest BCUT2D eigenvalue weighted by molar-refractivity contribution is 6.31. The predicted octanol–water partition coefficient (Wildman–Crippen LogP) is 5.26. The Bertz CT molecular complexity index is 1310. The van der Waals surface area contributed by atoms with Crippen LogP contribution in [0.5, 0.6) is 17.2 Å². The molecule has 0 spiro atoms. The molecule has 0 unspecified atom stereocenters. The summed E-state index contributed by atoms with van der Waals surface area (Å²) < 4.78 is 17.8. The second kappa shape index (κ2) is 14.3. The van der Waals surface area contributed by atoms with E-state index >= 15 is 0 Å². The van der Waals surface area contributed by atoms with Gasteiger partial charge in [0.25, 0.3) is 0 Å². The Morgan fingerprint density at radius 2 is 1.63 bits per heavy atom. The quantitative estimate of drug-likeness (QED) is 0.455. The molecule has 2 amide bonds. The van der Waals surface area contributed by atoms with Crippen LogP contribution in [0, 0.1) is 5.92 Å². The van der Waals surface area contributed by atoms with E-state index in [9.17, 15) is 9.59 Å². The van der Waals surface area contributed by atoms with Crippen molar-refractivity contribution in [2.75, 3.05) is 57.9 Å². The van der Waals surface area contributed by atoms with Crippen molar-refractivity contribution in [3.05, 3.63) is 83.4 Å². The molecule has 1 saturated heterocycles. The highest BCUT2D eigenvalue weighted by Gasteiger charge is 2.25. The first-order chi connectivity index (χ1) is 20.0. The molecular weight excluding hydrogens is 542 g/mol. The summed E-state index contributed by atoms with van der Waals surface area (Å²) in [6.45, 7) is 3.14. The van der Waals surface area contributed by atoms with Gasteiger partial charge in [-0.05, 0) is 74.2 Å². The van der Waals surface area contributed by atoms with Crippen LogP contribution in [0.15, 0.2) is 72.8 Å². The van der Waals surface area contributed by atoms with Gasteiger partial charge in [0.15, 0.2) is 17.2 Å². The number of anilines is 1. The van der Waals surface area contributed by atoms with Crippen LogP contribution in [0.25, 0.3) is 0 Å². The van der Waals surface area contributed by atoms with Crippen LogP contribution < -0.4 is 14.8 Å². The van der Waals surface area contributed by atoms with Crippen LogP contribution in [0.1, 0.15) is 18.4 Å². The van der Waals surface area contributed by atoms with E-state index in [2.05, 4.69) is 34.5 Å². The van der Waals surface area contributed by atoms with Crippen molar-refractivity contribution in [1.82, 2.24) is 9.80 Å². The maximum absolute atomic E-state index is 13.4.